The molecular weight excluding hydrogens is 238 g/mol. The Kier molecular flexibility index (Phi) is 5.37. The van der Waals surface area contributed by atoms with Crippen LogP contribution in [0.1, 0.15) is 37.3 Å². The molecule has 19 heavy (non-hydrogen) atoms. The van der Waals surface area contributed by atoms with E-state index in [1.54, 1.807) is 7.11 Å². The summed E-state index contributed by atoms with van der Waals surface area (Å²) in [5.41, 5.74) is 1.33. The average Bonchev–Trinajstić information content (AvgIpc) is 2.94. The number of hydrogen-bond acceptors (Lipinski definition) is 3. The molecule has 2 rings (SSSR count). The number of hydrogen-bond donors (Lipinski definition) is 2. The van der Waals surface area contributed by atoms with E-state index in [4.69, 9.17) is 4.74 Å². The van der Waals surface area contributed by atoms with Gasteiger partial charge in [-0.1, -0.05) is 43.2 Å². The Morgan fingerprint density at radius 2 is 1.95 bits per heavy atom. The highest BCUT2D eigenvalue weighted by atomic mass is 16.5. The molecule has 1 saturated carbocycles. The average molecular weight is 263 g/mol. The molecule has 1 aliphatic carbocycles. The van der Waals surface area contributed by atoms with Gasteiger partial charge in [-0.05, 0) is 18.4 Å². The standard InChI is InChI=1S/C16H25NO2/c1-19-11-15(14-7-3-2-4-8-14)17-12-16(13-18)9-5-6-10-16/h2-4,7-8,15,17-18H,5-6,9-13H2,1H3. The molecule has 0 spiro atoms. The third kappa shape index (κ3) is 3.78. The zero-order valence-electron chi connectivity index (χ0n) is 11.8. The Balaban J connectivity index is 1.97. The number of ether oxygens (including phenoxy) is 1. The monoisotopic (exact) mass is 263 g/mol. The number of aliphatic hydroxyl groups excluding tert-OH is 1. The summed E-state index contributed by atoms with van der Waals surface area (Å²) in [7, 11) is 1.73. The Labute approximate surface area is 116 Å². The van der Waals surface area contributed by atoms with Gasteiger partial charge in [0.15, 0.2) is 0 Å². The number of aliphatic hydroxyl groups is 1. The lowest BCUT2D eigenvalue weighted by Crippen LogP contribution is -2.38. The van der Waals surface area contributed by atoms with E-state index in [2.05, 4.69) is 29.6 Å². The molecule has 2 N–H and O–H groups in total. The molecule has 0 aliphatic heterocycles. The van der Waals surface area contributed by atoms with E-state index in [0.717, 1.165) is 19.4 Å². The van der Waals surface area contributed by atoms with Crippen LogP contribution in [0.15, 0.2) is 30.3 Å². The Morgan fingerprint density at radius 1 is 1.26 bits per heavy atom. The van der Waals surface area contributed by atoms with Gasteiger partial charge in [0.2, 0.25) is 0 Å². The summed E-state index contributed by atoms with van der Waals surface area (Å²) < 4.78 is 5.32. The van der Waals surface area contributed by atoms with Crippen molar-refractivity contribution >= 4 is 0 Å². The SMILES string of the molecule is COCC(NCC1(CO)CCCC1)c1ccccc1. The van der Waals surface area contributed by atoms with Crippen molar-refractivity contribution in [3.63, 3.8) is 0 Å². The maximum absolute atomic E-state index is 9.66. The van der Waals surface area contributed by atoms with Crippen LogP contribution in [-0.4, -0.2) is 32.0 Å². The summed E-state index contributed by atoms with van der Waals surface area (Å²) in [5, 5.41) is 13.2. The first-order valence-electron chi connectivity index (χ1n) is 7.18. The zero-order valence-corrected chi connectivity index (χ0v) is 11.8. The Bertz CT molecular complexity index is 360. The van der Waals surface area contributed by atoms with Crippen LogP contribution in [0.25, 0.3) is 0 Å². The predicted molar refractivity (Wildman–Crippen MR) is 77.0 cm³/mol. The summed E-state index contributed by atoms with van der Waals surface area (Å²) in [6.45, 7) is 1.81. The summed E-state index contributed by atoms with van der Waals surface area (Å²) in [6, 6.07) is 10.6. The molecular formula is C16H25NO2. The van der Waals surface area contributed by atoms with Crippen molar-refractivity contribution < 1.29 is 9.84 Å². The number of benzene rings is 1. The summed E-state index contributed by atoms with van der Waals surface area (Å²) >= 11 is 0. The molecule has 3 heteroatoms. The quantitative estimate of drug-likeness (QED) is 0.794. The minimum atomic E-state index is 0.0841. The number of methoxy groups -OCH3 is 1. The molecule has 0 radical (unpaired) electrons. The van der Waals surface area contributed by atoms with Crippen molar-refractivity contribution in [3.8, 4) is 0 Å². The molecule has 0 heterocycles. The van der Waals surface area contributed by atoms with Gasteiger partial charge in [0, 0.05) is 25.7 Å². The van der Waals surface area contributed by atoms with E-state index >= 15 is 0 Å². The van der Waals surface area contributed by atoms with E-state index in [1.807, 2.05) is 6.07 Å². The minimum absolute atomic E-state index is 0.0841. The minimum Gasteiger partial charge on any atom is -0.396 e. The van der Waals surface area contributed by atoms with E-state index in [1.165, 1.54) is 18.4 Å². The highest BCUT2D eigenvalue weighted by Gasteiger charge is 2.33. The van der Waals surface area contributed by atoms with E-state index in [0.29, 0.717) is 6.61 Å². The third-order valence-corrected chi connectivity index (χ3v) is 4.26. The lowest BCUT2D eigenvalue weighted by molar-refractivity contribution is 0.111. The molecule has 3 nitrogen and oxygen atoms in total. The maximum Gasteiger partial charge on any atom is 0.0657 e. The van der Waals surface area contributed by atoms with Crippen molar-refractivity contribution in [3.05, 3.63) is 35.9 Å². The fourth-order valence-electron chi connectivity index (χ4n) is 2.98. The molecule has 0 saturated heterocycles. The summed E-state index contributed by atoms with van der Waals surface area (Å²) in [4.78, 5) is 0. The van der Waals surface area contributed by atoms with Crippen molar-refractivity contribution in [2.45, 2.75) is 31.7 Å². The van der Waals surface area contributed by atoms with Gasteiger partial charge in [-0.15, -0.1) is 0 Å². The second-order valence-corrected chi connectivity index (χ2v) is 5.66. The van der Waals surface area contributed by atoms with Gasteiger partial charge >= 0.3 is 0 Å². The highest BCUT2D eigenvalue weighted by Crippen LogP contribution is 2.37. The maximum atomic E-state index is 9.66. The summed E-state index contributed by atoms with van der Waals surface area (Å²) in [5.74, 6) is 0. The van der Waals surface area contributed by atoms with Gasteiger partial charge in [0.25, 0.3) is 0 Å². The molecule has 0 aromatic heterocycles. The Hall–Kier alpha value is -0.900. The van der Waals surface area contributed by atoms with Crippen LogP contribution in [0, 0.1) is 5.41 Å². The lowest BCUT2D eigenvalue weighted by atomic mass is 9.87. The smallest absolute Gasteiger partial charge is 0.0657 e. The van der Waals surface area contributed by atoms with Gasteiger partial charge in [0.05, 0.1) is 12.6 Å². The normalized spacial score (nSPS) is 19.5. The molecule has 0 bridgehead atoms. The molecule has 1 unspecified atom stereocenters. The van der Waals surface area contributed by atoms with Crippen LogP contribution in [0.3, 0.4) is 0 Å². The molecule has 106 valence electrons. The second kappa shape index (κ2) is 7.04. The molecule has 1 aromatic rings. The van der Waals surface area contributed by atoms with Crippen molar-refractivity contribution in [2.75, 3.05) is 26.9 Å². The zero-order chi connectivity index (χ0) is 13.6. The second-order valence-electron chi connectivity index (χ2n) is 5.66. The lowest BCUT2D eigenvalue weighted by Gasteiger charge is -2.30. The first-order valence-corrected chi connectivity index (χ1v) is 7.18. The van der Waals surface area contributed by atoms with E-state index in [-0.39, 0.29) is 18.1 Å². The van der Waals surface area contributed by atoms with E-state index in [9.17, 15) is 5.11 Å². The van der Waals surface area contributed by atoms with Crippen LogP contribution < -0.4 is 5.32 Å². The third-order valence-electron chi connectivity index (χ3n) is 4.26. The molecule has 1 aliphatic rings. The first-order chi connectivity index (χ1) is 9.29. The van der Waals surface area contributed by atoms with Gasteiger partial charge in [-0.2, -0.15) is 0 Å². The largest absolute Gasteiger partial charge is 0.396 e. The first kappa shape index (κ1) is 14.5. The van der Waals surface area contributed by atoms with Gasteiger partial charge in [-0.25, -0.2) is 0 Å². The van der Waals surface area contributed by atoms with Gasteiger partial charge in [0.1, 0.15) is 0 Å². The van der Waals surface area contributed by atoms with Crippen LogP contribution in [0.5, 0.6) is 0 Å². The van der Waals surface area contributed by atoms with E-state index < -0.39 is 0 Å². The molecule has 1 atom stereocenters. The number of rotatable bonds is 7. The van der Waals surface area contributed by atoms with Crippen LogP contribution in [0.4, 0.5) is 0 Å². The topological polar surface area (TPSA) is 41.5 Å². The van der Waals surface area contributed by atoms with Crippen molar-refractivity contribution in [1.82, 2.24) is 5.32 Å². The molecule has 1 fully saturated rings. The molecule has 1 aromatic carbocycles. The van der Waals surface area contributed by atoms with Crippen molar-refractivity contribution in [1.29, 1.82) is 0 Å². The highest BCUT2D eigenvalue weighted by molar-refractivity contribution is 5.19. The van der Waals surface area contributed by atoms with Crippen LogP contribution in [0.2, 0.25) is 0 Å². The Morgan fingerprint density at radius 3 is 2.53 bits per heavy atom. The number of nitrogens with one attached hydrogen (secondary N) is 1. The molecule has 0 amide bonds. The van der Waals surface area contributed by atoms with Crippen LogP contribution >= 0.6 is 0 Å². The fourth-order valence-corrected chi connectivity index (χ4v) is 2.98. The van der Waals surface area contributed by atoms with Crippen molar-refractivity contribution in [2.24, 2.45) is 5.41 Å². The summed E-state index contributed by atoms with van der Waals surface area (Å²) in [6.07, 6.45) is 4.74. The van der Waals surface area contributed by atoms with Gasteiger partial charge < -0.3 is 15.2 Å². The van der Waals surface area contributed by atoms with Gasteiger partial charge in [-0.3, -0.25) is 0 Å². The predicted octanol–water partition coefficient (Wildman–Crippen LogP) is 2.52. The van der Waals surface area contributed by atoms with Crippen LogP contribution in [-0.2, 0) is 4.74 Å². The fraction of sp³-hybridized carbons (Fsp3) is 0.625.